The molecule has 0 aromatic heterocycles. The van der Waals surface area contributed by atoms with Crippen molar-refractivity contribution in [3.05, 3.63) is 23.3 Å². The molecule has 4 aliphatic rings. The number of fused-ring (bicyclic) bond motifs is 3. The molecule has 1 aliphatic carbocycles. The van der Waals surface area contributed by atoms with Crippen LogP contribution >= 0.6 is 0 Å². The molecule has 14 atom stereocenters. The molecule has 314 valence electrons. The van der Waals surface area contributed by atoms with Crippen LogP contribution in [-0.2, 0) is 38.1 Å². The molecule has 0 aromatic carbocycles. The number of aliphatic hydroxyl groups excluding tert-OH is 2. The Kier molecular flexibility index (Phi) is 16.9. The summed E-state index contributed by atoms with van der Waals surface area (Å²) < 4.78 is 30.0. The number of Topliss-reactive ketones (excluding diaryl/α,β-unsaturated/α-hetero) is 1. The molecule has 1 saturated carbocycles. The number of carbonyl (C=O) groups excluding carboxylic acids is 3. The standard InChI is InChI=1S/C43H71NO11/c1-10-31-20-25(2)19-26(3)21-36(52-8)39-37(53-9)23-29(6)43(50,55-39)40(47)41(48)44-18-12-11-13-32(44)42(49)54-38(27(4)14-16-33(31)45)28(5)22-30-15-17-34(46)35(24-30)51-7/h20,22,26-27,29-39,45-46,50H,10-19,21,23-24H2,1-9H3/b25-20+,28-22+/t26-,27+,29+,30-,31+,32-,33?,34+,35+,36-,37-,38-,39+,43+/m0/s1. The van der Waals surface area contributed by atoms with E-state index in [0.717, 1.165) is 30.4 Å². The van der Waals surface area contributed by atoms with Crippen molar-refractivity contribution in [2.24, 2.45) is 29.6 Å². The van der Waals surface area contributed by atoms with Crippen molar-refractivity contribution in [1.82, 2.24) is 4.90 Å². The van der Waals surface area contributed by atoms with Gasteiger partial charge >= 0.3 is 5.97 Å². The Hall–Kier alpha value is -2.19. The number of carbonyl (C=O) groups is 3. The normalized spacial score (nSPS) is 42.1. The van der Waals surface area contributed by atoms with Gasteiger partial charge in [-0.15, -0.1) is 0 Å². The van der Waals surface area contributed by atoms with E-state index >= 15 is 0 Å². The highest BCUT2D eigenvalue weighted by Gasteiger charge is 2.56. The van der Waals surface area contributed by atoms with Crippen LogP contribution in [0.5, 0.6) is 0 Å². The molecule has 12 nitrogen and oxygen atoms in total. The van der Waals surface area contributed by atoms with Crippen LogP contribution in [0.4, 0.5) is 0 Å². The Morgan fingerprint density at radius 1 is 0.909 bits per heavy atom. The maximum atomic E-state index is 14.3. The topological polar surface area (TPSA) is 161 Å². The van der Waals surface area contributed by atoms with Crippen LogP contribution < -0.4 is 0 Å². The van der Waals surface area contributed by atoms with Crippen LogP contribution in [-0.4, -0.2) is 120 Å². The van der Waals surface area contributed by atoms with E-state index in [9.17, 15) is 29.7 Å². The summed E-state index contributed by atoms with van der Waals surface area (Å²) >= 11 is 0. The summed E-state index contributed by atoms with van der Waals surface area (Å²) in [5.74, 6) is -5.94. The summed E-state index contributed by atoms with van der Waals surface area (Å²) in [4.78, 5) is 43.9. The van der Waals surface area contributed by atoms with Gasteiger partial charge in [0.15, 0.2) is 0 Å². The summed E-state index contributed by atoms with van der Waals surface area (Å²) in [6.45, 7) is 12.0. The number of ether oxygens (including phenoxy) is 5. The van der Waals surface area contributed by atoms with Gasteiger partial charge in [0.1, 0.15) is 18.2 Å². The molecule has 0 spiro atoms. The Balaban J connectivity index is 1.73. The summed E-state index contributed by atoms with van der Waals surface area (Å²) in [6.07, 6.45) is 7.27. The molecule has 2 saturated heterocycles. The predicted molar refractivity (Wildman–Crippen MR) is 208 cm³/mol. The molecular weight excluding hydrogens is 706 g/mol. The molecule has 12 heteroatoms. The first-order valence-electron chi connectivity index (χ1n) is 20.8. The highest BCUT2D eigenvalue weighted by molar-refractivity contribution is 6.39. The number of ketones is 1. The van der Waals surface area contributed by atoms with Gasteiger partial charge < -0.3 is 43.9 Å². The van der Waals surface area contributed by atoms with E-state index in [4.69, 9.17) is 23.7 Å². The molecule has 55 heavy (non-hydrogen) atoms. The molecule has 0 radical (unpaired) electrons. The first-order valence-corrected chi connectivity index (χ1v) is 20.8. The van der Waals surface area contributed by atoms with Gasteiger partial charge in [-0.05, 0) is 114 Å². The first-order chi connectivity index (χ1) is 26.1. The number of amides is 1. The van der Waals surface area contributed by atoms with Gasteiger partial charge in [-0.25, -0.2) is 4.79 Å². The molecular formula is C43H71NO11. The lowest BCUT2D eigenvalue weighted by Crippen LogP contribution is -2.64. The Morgan fingerprint density at radius 3 is 2.22 bits per heavy atom. The number of esters is 1. The Labute approximate surface area is 329 Å². The molecule has 1 unspecified atom stereocenters. The summed E-state index contributed by atoms with van der Waals surface area (Å²) in [5, 5.41) is 34.0. The smallest absolute Gasteiger partial charge is 0.329 e. The number of hydrogen-bond donors (Lipinski definition) is 3. The van der Waals surface area contributed by atoms with Crippen LogP contribution in [0, 0.1) is 29.6 Å². The van der Waals surface area contributed by atoms with Crippen molar-refractivity contribution >= 4 is 17.7 Å². The number of piperidine rings is 1. The van der Waals surface area contributed by atoms with Crippen molar-refractivity contribution in [2.45, 2.75) is 173 Å². The first kappa shape index (κ1) is 45.5. The van der Waals surface area contributed by atoms with Crippen LogP contribution in [0.25, 0.3) is 0 Å². The van der Waals surface area contributed by atoms with E-state index in [1.807, 2.05) is 13.8 Å². The lowest BCUT2D eigenvalue weighted by Gasteiger charge is -2.47. The van der Waals surface area contributed by atoms with Crippen LogP contribution in [0.3, 0.4) is 0 Å². The minimum absolute atomic E-state index is 0.0622. The average molecular weight is 778 g/mol. The Bertz CT molecular complexity index is 1350. The average Bonchev–Trinajstić information content (AvgIpc) is 3.17. The summed E-state index contributed by atoms with van der Waals surface area (Å²) in [5.41, 5.74) is 2.00. The molecule has 3 aliphatic heterocycles. The van der Waals surface area contributed by atoms with Crippen molar-refractivity contribution in [1.29, 1.82) is 0 Å². The summed E-state index contributed by atoms with van der Waals surface area (Å²) in [6, 6.07) is -1.02. The predicted octanol–water partition coefficient (Wildman–Crippen LogP) is 5.29. The number of rotatable bonds is 6. The fourth-order valence-corrected chi connectivity index (χ4v) is 9.57. The third kappa shape index (κ3) is 11.1. The zero-order valence-corrected chi connectivity index (χ0v) is 34.9. The van der Waals surface area contributed by atoms with Gasteiger partial charge in [0.25, 0.3) is 11.7 Å². The van der Waals surface area contributed by atoms with Crippen LogP contribution in [0.1, 0.15) is 119 Å². The zero-order chi connectivity index (χ0) is 40.6. The van der Waals surface area contributed by atoms with Crippen LogP contribution in [0.15, 0.2) is 23.3 Å². The van der Waals surface area contributed by atoms with E-state index in [2.05, 4.69) is 32.9 Å². The third-order valence-corrected chi connectivity index (χ3v) is 13.0. The highest BCUT2D eigenvalue weighted by atomic mass is 16.7. The fraction of sp³-hybridized carbons (Fsp3) is 0.837. The molecule has 4 rings (SSSR count). The van der Waals surface area contributed by atoms with Gasteiger partial charge in [0.2, 0.25) is 5.79 Å². The SMILES string of the molecule is CC[C@@H]1/C=C(\C)C[C@H](C)C[C@H](OC)[C@H]2O[C@@](O)(C(=O)C(=O)N3CCCC[C@H]3C(=O)O[C@H](/C(C)=C/[C@@H]3CC[C@@H](O)[C@H](OC)C3)[C@H](C)CCC1O)[C@H](C)C[C@@H]2OC. The second-order valence-electron chi connectivity index (χ2n) is 17.2. The second kappa shape index (κ2) is 20.5. The molecule has 3 heterocycles. The second-order valence-corrected chi connectivity index (χ2v) is 17.2. The zero-order valence-electron chi connectivity index (χ0n) is 34.9. The maximum absolute atomic E-state index is 14.3. The number of hydrogen-bond acceptors (Lipinski definition) is 11. The van der Waals surface area contributed by atoms with Crippen molar-refractivity contribution < 1.29 is 53.4 Å². The van der Waals surface area contributed by atoms with E-state index < -0.39 is 72.0 Å². The van der Waals surface area contributed by atoms with E-state index in [1.54, 1.807) is 28.3 Å². The van der Waals surface area contributed by atoms with E-state index in [-0.39, 0.29) is 42.7 Å². The van der Waals surface area contributed by atoms with Gasteiger partial charge in [-0.1, -0.05) is 45.4 Å². The molecule has 3 fully saturated rings. The maximum Gasteiger partial charge on any atom is 0.329 e. The van der Waals surface area contributed by atoms with Crippen molar-refractivity contribution in [3.63, 3.8) is 0 Å². The fourth-order valence-electron chi connectivity index (χ4n) is 9.57. The van der Waals surface area contributed by atoms with Gasteiger partial charge in [-0.3, -0.25) is 9.59 Å². The van der Waals surface area contributed by atoms with E-state index in [1.165, 1.54) is 4.90 Å². The lowest BCUT2D eigenvalue weighted by molar-refractivity contribution is -0.302. The quantitative estimate of drug-likeness (QED) is 0.183. The number of cyclic esters (lactones) is 1. The van der Waals surface area contributed by atoms with Gasteiger partial charge in [0, 0.05) is 39.7 Å². The molecule has 3 N–H and O–H groups in total. The minimum atomic E-state index is -2.45. The van der Waals surface area contributed by atoms with Gasteiger partial charge in [-0.2, -0.15) is 0 Å². The number of nitrogens with zero attached hydrogens (tertiary/aromatic N) is 1. The van der Waals surface area contributed by atoms with Crippen molar-refractivity contribution in [2.75, 3.05) is 27.9 Å². The van der Waals surface area contributed by atoms with E-state index in [0.29, 0.717) is 51.4 Å². The monoisotopic (exact) mass is 778 g/mol. The largest absolute Gasteiger partial charge is 0.456 e. The van der Waals surface area contributed by atoms with Crippen molar-refractivity contribution in [3.8, 4) is 0 Å². The summed E-state index contributed by atoms with van der Waals surface area (Å²) in [7, 11) is 4.73. The van der Waals surface area contributed by atoms with Crippen LogP contribution in [0.2, 0.25) is 0 Å². The minimum Gasteiger partial charge on any atom is -0.456 e. The number of methoxy groups -OCH3 is 3. The highest BCUT2D eigenvalue weighted by Crippen LogP contribution is 2.39. The number of allylic oxidation sites excluding steroid dienone is 2. The lowest BCUT2D eigenvalue weighted by atomic mass is 9.82. The molecule has 0 aromatic rings. The molecule has 1 amide bonds. The molecule has 2 bridgehead atoms. The number of aliphatic hydroxyl groups is 3. The van der Waals surface area contributed by atoms with Gasteiger partial charge in [0.05, 0.1) is 30.5 Å². The Morgan fingerprint density at radius 2 is 1.56 bits per heavy atom. The third-order valence-electron chi connectivity index (χ3n) is 13.0.